The summed E-state index contributed by atoms with van der Waals surface area (Å²) in [5.74, 6) is 0. The Bertz CT molecular complexity index is 640. The van der Waals surface area contributed by atoms with E-state index in [1.807, 2.05) is 10.4 Å². The molecule has 3 rings (SSSR count). The van der Waals surface area contributed by atoms with Gasteiger partial charge in [-0.3, -0.25) is 0 Å². The molecular formula is C18H27Cl2OSi2Zr. The minimum Gasteiger partial charge on any atom is -1.00 e. The average molecular weight is 478 g/mol. The molecule has 0 saturated carbocycles. The van der Waals surface area contributed by atoms with Crippen molar-refractivity contribution in [2.75, 3.05) is 6.61 Å². The van der Waals surface area contributed by atoms with E-state index in [2.05, 4.69) is 44.9 Å². The van der Waals surface area contributed by atoms with Crippen LogP contribution in [0.15, 0.2) is 42.5 Å². The zero-order chi connectivity index (χ0) is 16.1. The topological polar surface area (TPSA) is 9.23 Å². The molecule has 1 heterocycles. The summed E-state index contributed by atoms with van der Waals surface area (Å²) in [5, 5.41) is 3.66. The van der Waals surface area contributed by atoms with Crippen LogP contribution >= 0.6 is 0 Å². The standard InChI is InChI=1S/C18H27OSi2.2ClH.Zr/c1-20(2,3)19-13-7-9-14-8-6-10-15(14)16-11-12-17-18(16)21(17,4)5;;;/h6,8H,7,9-11,13H2,1-5H3;2*1H;/q;;;+2/p-2. The third-order valence-electron chi connectivity index (χ3n) is 4.91. The first-order chi connectivity index (χ1) is 10.2. The molecule has 0 aromatic rings. The van der Waals surface area contributed by atoms with Crippen molar-refractivity contribution in [2.24, 2.45) is 0 Å². The van der Waals surface area contributed by atoms with Gasteiger partial charge in [0.2, 0.25) is 0 Å². The van der Waals surface area contributed by atoms with Crippen molar-refractivity contribution in [3.63, 3.8) is 0 Å². The Balaban J connectivity index is 0.00000144. The van der Waals surface area contributed by atoms with Crippen molar-refractivity contribution < 1.29 is 54.0 Å². The number of hydrogen-bond donors (Lipinski definition) is 0. The normalized spacial score (nSPS) is 21.1. The molecule has 24 heavy (non-hydrogen) atoms. The van der Waals surface area contributed by atoms with Crippen molar-refractivity contribution in [3.05, 3.63) is 42.5 Å². The van der Waals surface area contributed by atoms with Gasteiger partial charge in [0.25, 0.3) is 0 Å². The average Bonchev–Trinajstić information content (AvgIpc) is 2.77. The first-order valence-corrected chi connectivity index (χ1v) is 16.1. The summed E-state index contributed by atoms with van der Waals surface area (Å²) in [6.45, 7) is 12.8. The zero-order valence-corrected chi connectivity index (χ0v) is 21.3. The minimum absolute atomic E-state index is 0. The van der Waals surface area contributed by atoms with E-state index in [0.29, 0.717) is 0 Å². The number of fused-ring (bicyclic) bond motifs is 1. The van der Waals surface area contributed by atoms with Gasteiger partial charge in [-0.15, -0.1) is 0 Å². The molecule has 1 saturated heterocycles. The Kier molecular flexibility index (Phi) is 7.84. The second kappa shape index (κ2) is 8.23. The summed E-state index contributed by atoms with van der Waals surface area (Å²) >= 11 is 1.65. The summed E-state index contributed by atoms with van der Waals surface area (Å²) in [6.07, 6.45) is 9.55. The van der Waals surface area contributed by atoms with E-state index in [1.165, 1.54) is 25.7 Å². The fourth-order valence-electron chi connectivity index (χ4n) is 3.88. The van der Waals surface area contributed by atoms with Crippen LogP contribution in [-0.4, -0.2) is 23.0 Å². The summed E-state index contributed by atoms with van der Waals surface area (Å²) in [5.41, 5.74) is 5.02. The van der Waals surface area contributed by atoms with Gasteiger partial charge in [0, 0.05) is 0 Å². The first-order valence-electron chi connectivity index (χ1n) is 8.44. The molecule has 0 bridgehead atoms. The molecule has 3 aliphatic rings. The molecule has 1 aliphatic heterocycles. The van der Waals surface area contributed by atoms with E-state index in [1.54, 1.807) is 44.7 Å². The van der Waals surface area contributed by atoms with Gasteiger partial charge in [-0.1, -0.05) is 0 Å². The van der Waals surface area contributed by atoms with Gasteiger partial charge in [-0.25, -0.2) is 0 Å². The van der Waals surface area contributed by atoms with Gasteiger partial charge in [0.15, 0.2) is 0 Å². The maximum Gasteiger partial charge on any atom is -1.00 e. The van der Waals surface area contributed by atoms with Crippen molar-refractivity contribution in [3.8, 4) is 0 Å². The fourth-order valence-corrected chi connectivity index (χ4v) is 11.8. The van der Waals surface area contributed by atoms with Crippen LogP contribution < -0.4 is 24.8 Å². The summed E-state index contributed by atoms with van der Waals surface area (Å²) in [4.78, 5) is 0. The van der Waals surface area contributed by atoms with Gasteiger partial charge >= 0.3 is 153 Å². The SMILES string of the molecule is C[Si](C)(C)OCCCC1=C(C2=C3C(=[C]([Zr+2])C2)[Si]3(C)C)CC=C1.[Cl-].[Cl-]. The van der Waals surface area contributed by atoms with Crippen molar-refractivity contribution in [2.45, 2.75) is 58.4 Å². The smallest absolute Gasteiger partial charge is 1.00 e. The zero-order valence-electron chi connectivity index (χ0n) is 15.4. The quantitative estimate of drug-likeness (QED) is 0.359. The van der Waals surface area contributed by atoms with Crippen molar-refractivity contribution >= 4 is 16.4 Å². The predicted molar refractivity (Wildman–Crippen MR) is 95.5 cm³/mol. The maximum atomic E-state index is 6.01. The van der Waals surface area contributed by atoms with E-state index in [0.717, 1.165) is 6.61 Å². The fraction of sp³-hybridized carbons (Fsp3) is 0.556. The van der Waals surface area contributed by atoms with Gasteiger partial charge in [-0.2, -0.15) is 0 Å². The Morgan fingerprint density at radius 2 is 1.79 bits per heavy atom. The van der Waals surface area contributed by atoms with E-state index < -0.39 is 16.4 Å². The molecule has 0 spiro atoms. The number of allylic oxidation sites excluding steroid dienone is 8. The number of rotatable bonds is 6. The van der Waals surface area contributed by atoms with E-state index >= 15 is 0 Å². The van der Waals surface area contributed by atoms with Crippen LogP contribution in [-0.2, 0) is 29.1 Å². The van der Waals surface area contributed by atoms with Gasteiger partial charge in [0.1, 0.15) is 0 Å². The third kappa shape index (κ3) is 4.56. The van der Waals surface area contributed by atoms with Crippen molar-refractivity contribution in [1.82, 2.24) is 0 Å². The Labute approximate surface area is 176 Å². The molecule has 0 aromatic heterocycles. The molecule has 0 amide bonds. The van der Waals surface area contributed by atoms with Crippen molar-refractivity contribution in [1.29, 1.82) is 0 Å². The first kappa shape index (κ1) is 22.9. The molecule has 0 unspecified atom stereocenters. The summed E-state index contributed by atoms with van der Waals surface area (Å²) in [7, 11) is -2.44. The molecule has 131 valence electrons. The Hall–Kier alpha value is 0.817. The molecule has 0 N–H and O–H groups in total. The predicted octanol–water partition coefficient (Wildman–Crippen LogP) is -0.816. The summed E-state index contributed by atoms with van der Waals surface area (Å²) in [6, 6.07) is 0. The van der Waals surface area contributed by atoms with Crippen LogP contribution in [0.25, 0.3) is 0 Å². The van der Waals surface area contributed by atoms with E-state index in [4.69, 9.17) is 4.43 Å². The maximum absolute atomic E-state index is 6.01. The second-order valence-corrected chi connectivity index (χ2v) is 18.4. The largest absolute Gasteiger partial charge is 1.00 e. The molecule has 1 nitrogen and oxygen atoms in total. The Morgan fingerprint density at radius 1 is 1.12 bits per heavy atom. The van der Waals surface area contributed by atoms with Gasteiger partial charge in [0.05, 0.1) is 0 Å². The molecule has 0 aromatic carbocycles. The van der Waals surface area contributed by atoms with Crippen LogP contribution in [0.4, 0.5) is 0 Å². The summed E-state index contributed by atoms with van der Waals surface area (Å²) < 4.78 is 7.77. The number of hydrogen-bond acceptors (Lipinski definition) is 1. The monoisotopic (exact) mass is 475 g/mol. The second-order valence-electron chi connectivity index (χ2n) is 8.18. The number of halogens is 2. The van der Waals surface area contributed by atoms with Crippen LogP contribution in [0.3, 0.4) is 0 Å². The Morgan fingerprint density at radius 3 is 2.33 bits per heavy atom. The molecule has 6 heteroatoms. The van der Waals surface area contributed by atoms with Gasteiger partial charge in [-0.05, 0) is 0 Å². The molecule has 1 fully saturated rings. The molecule has 0 atom stereocenters. The van der Waals surface area contributed by atoms with Gasteiger partial charge < -0.3 is 24.8 Å². The van der Waals surface area contributed by atoms with Crippen LogP contribution in [0.5, 0.6) is 0 Å². The van der Waals surface area contributed by atoms with Crippen LogP contribution in [0, 0.1) is 0 Å². The van der Waals surface area contributed by atoms with E-state index in [-0.39, 0.29) is 24.8 Å². The molecular weight excluding hydrogens is 450 g/mol. The van der Waals surface area contributed by atoms with E-state index in [9.17, 15) is 0 Å². The molecule has 2 aliphatic carbocycles. The third-order valence-corrected chi connectivity index (χ3v) is 11.0. The molecule has 0 radical (unpaired) electrons. The minimum atomic E-state index is -1.35. The van der Waals surface area contributed by atoms with Crippen LogP contribution in [0.1, 0.15) is 25.7 Å². The van der Waals surface area contributed by atoms with Crippen LogP contribution in [0.2, 0.25) is 32.7 Å².